The lowest BCUT2D eigenvalue weighted by atomic mass is 9.97. The van der Waals surface area contributed by atoms with E-state index < -0.39 is 0 Å². The van der Waals surface area contributed by atoms with Crippen LogP contribution in [0.4, 0.5) is 0 Å². The Morgan fingerprint density at radius 3 is 2.48 bits per heavy atom. The highest BCUT2D eigenvalue weighted by Gasteiger charge is 2.23. The van der Waals surface area contributed by atoms with Gasteiger partial charge in [-0.25, -0.2) is 9.67 Å². The molecule has 0 atom stereocenters. The van der Waals surface area contributed by atoms with Gasteiger partial charge in [-0.2, -0.15) is 0 Å². The van der Waals surface area contributed by atoms with E-state index in [2.05, 4.69) is 27.3 Å². The van der Waals surface area contributed by atoms with Gasteiger partial charge in [-0.3, -0.25) is 4.79 Å². The van der Waals surface area contributed by atoms with Gasteiger partial charge in [0, 0.05) is 12.5 Å². The minimum absolute atomic E-state index is 0.0558. The average molecular weight is 410 g/mol. The van der Waals surface area contributed by atoms with Crippen LogP contribution in [0.2, 0.25) is 10.0 Å². The monoisotopic (exact) mass is 409 g/mol. The van der Waals surface area contributed by atoms with Crippen molar-refractivity contribution in [3.63, 3.8) is 0 Å². The van der Waals surface area contributed by atoms with Crippen molar-refractivity contribution in [2.75, 3.05) is 26.7 Å². The molecule has 2 heterocycles. The maximum atomic E-state index is 12.6. The molecule has 1 aromatic heterocycles. The van der Waals surface area contributed by atoms with Crippen LogP contribution in [0.1, 0.15) is 49.1 Å². The second-order valence-electron chi connectivity index (χ2n) is 7.39. The van der Waals surface area contributed by atoms with Gasteiger partial charge < -0.3 is 10.2 Å². The lowest BCUT2D eigenvalue weighted by Gasteiger charge is -2.28. The molecular weight excluding hydrogens is 385 g/mol. The summed E-state index contributed by atoms with van der Waals surface area (Å²) in [6.07, 6.45) is 2.18. The Morgan fingerprint density at radius 1 is 1.26 bits per heavy atom. The lowest BCUT2D eigenvalue weighted by molar-refractivity contribution is 0.0928. The van der Waals surface area contributed by atoms with Crippen molar-refractivity contribution in [1.29, 1.82) is 0 Å². The van der Waals surface area contributed by atoms with Crippen LogP contribution in [0.15, 0.2) is 18.2 Å². The van der Waals surface area contributed by atoms with Crippen molar-refractivity contribution in [3.8, 4) is 5.69 Å². The van der Waals surface area contributed by atoms with E-state index >= 15 is 0 Å². The summed E-state index contributed by atoms with van der Waals surface area (Å²) in [6, 6.07) is 5.26. The zero-order valence-electron chi connectivity index (χ0n) is 15.9. The predicted octanol–water partition coefficient (Wildman–Crippen LogP) is 3.77. The molecule has 27 heavy (non-hydrogen) atoms. The molecule has 1 aliphatic heterocycles. The molecule has 8 heteroatoms. The summed E-state index contributed by atoms with van der Waals surface area (Å²) >= 11 is 12.7. The maximum absolute atomic E-state index is 12.6. The van der Waals surface area contributed by atoms with E-state index in [1.807, 2.05) is 13.8 Å². The molecule has 3 rings (SSSR count). The zero-order valence-corrected chi connectivity index (χ0v) is 17.4. The zero-order chi connectivity index (χ0) is 19.6. The third kappa shape index (κ3) is 4.62. The molecule has 1 N–H and O–H groups in total. The normalized spacial score (nSPS) is 16.1. The number of likely N-dealkylation sites (tertiary alicyclic amines) is 1. The Balaban J connectivity index is 1.79. The number of benzene rings is 1. The van der Waals surface area contributed by atoms with E-state index in [-0.39, 0.29) is 17.6 Å². The third-order valence-electron chi connectivity index (χ3n) is 4.89. The molecule has 1 saturated heterocycles. The molecule has 0 spiro atoms. The Labute approximate surface area is 169 Å². The summed E-state index contributed by atoms with van der Waals surface area (Å²) in [4.78, 5) is 19.4. The van der Waals surface area contributed by atoms with Crippen molar-refractivity contribution in [2.24, 2.45) is 5.92 Å². The van der Waals surface area contributed by atoms with Gasteiger partial charge in [0.15, 0.2) is 0 Å². The van der Waals surface area contributed by atoms with Crippen LogP contribution in [-0.2, 0) is 0 Å². The van der Waals surface area contributed by atoms with E-state index in [1.165, 1.54) is 0 Å². The number of carbonyl (C=O) groups excluding carboxylic acids is 1. The minimum atomic E-state index is -0.266. The Morgan fingerprint density at radius 2 is 1.89 bits per heavy atom. The van der Waals surface area contributed by atoms with Crippen LogP contribution in [0, 0.1) is 5.92 Å². The molecule has 1 amide bonds. The van der Waals surface area contributed by atoms with Gasteiger partial charge in [0.25, 0.3) is 5.91 Å². The average Bonchev–Trinajstić information content (AvgIpc) is 3.06. The maximum Gasteiger partial charge on any atom is 0.290 e. The van der Waals surface area contributed by atoms with E-state index in [0.717, 1.165) is 25.9 Å². The third-order valence-corrected chi connectivity index (χ3v) is 5.50. The molecule has 0 radical (unpaired) electrons. The van der Waals surface area contributed by atoms with Gasteiger partial charge in [-0.15, -0.1) is 5.10 Å². The summed E-state index contributed by atoms with van der Waals surface area (Å²) < 4.78 is 1.58. The molecule has 0 bridgehead atoms. The van der Waals surface area contributed by atoms with Crippen LogP contribution >= 0.6 is 23.2 Å². The first kappa shape index (κ1) is 20.1. The standard InChI is InChI=1S/C19H25Cl2N5O/c1-12(2)18-23-17(19(27)22-11-13-7-9-25(3)10-8-13)24-26(18)16-14(20)5-4-6-15(16)21/h4-6,12-13H,7-11H2,1-3H3,(H,22,27). The number of hydrogen-bond donors (Lipinski definition) is 1. The highest BCUT2D eigenvalue weighted by atomic mass is 35.5. The molecule has 0 aliphatic carbocycles. The second-order valence-corrected chi connectivity index (χ2v) is 8.20. The summed E-state index contributed by atoms with van der Waals surface area (Å²) in [5.74, 6) is 1.07. The van der Waals surface area contributed by atoms with Gasteiger partial charge in [-0.1, -0.05) is 43.1 Å². The van der Waals surface area contributed by atoms with Crippen LogP contribution in [0.5, 0.6) is 0 Å². The predicted molar refractivity (Wildman–Crippen MR) is 108 cm³/mol. The van der Waals surface area contributed by atoms with Crippen LogP contribution in [-0.4, -0.2) is 52.3 Å². The van der Waals surface area contributed by atoms with E-state index in [4.69, 9.17) is 23.2 Å². The number of rotatable bonds is 5. The SMILES string of the molecule is CC(C)c1nc(C(=O)NCC2CCN(C)CC2)nn1-c1c(Cl)cccc1Cl. The summed E-state index contributed by atoms with van der Waals surface area (Å²) in [5, 5.41) is 8.33. The summed E-state index contributed by atoms with van der Waals surface area (Å²) in [7, 11) is 2.12. The number of para-hydroxylation sites is 1. The first-order chi connectivity index (χ1) is 12.9. The van der Waals surface area contributed by atoms with Crippen LogP contribution in [0.3, 0.4) is 0 Å². The fourth-order valence-corrected chi connectivity index (χ4v) is 3.79. The van der Waals surface area contributed by atoms with Gasteiger partial charge in [0.1, 0.15) is 11.5 Å². The Hall–Kier alpha value is -1.63. The van der Waals surface area contributed by atoms with Crippen molar-refractivity contribution in [1.82, 2.24) is 25.0 Å². The smallest absolute Gasteiger partial charge is 0.290 e. The number of nitrogens with one attached hydrogen (secondary N) is 1. The number of piperidine rings is 1. The molecule has 6 nitrogen and oxygen atoms in total. The van der Waals surface area contributed by atoms with Gasteiger partial charge >= 0.3 is 0 Å². The van der Waals surface area contributed by atoms with E-state index in [1.54, 1.807) is 22.9 Å². The van der Waals surface area contributed by atoms with E-state index in [0.29, 0.717) is 34.0 Å². The fourth-order valence-electron chi connectivity index (χ4n) is 3.23. The lowest BCUT2D eigenvalue weighted by Crippen LogP contribution is -2.37. The Kier molecular flexibility index (Phi) is 6.40. The highest BCUT2D eigenvalue weighted by molar-refractivity contribution is 6.37. The topological polar surface area (TPSA) is 63.1 Å². The molecule has 0 unspecified atom stereocenters. The molecule has 0 saturated carbocycles. The number of amides is 1. The first-order valence-corrected chi connectivity index (χ1v) is 10.0. The van der Waals surface area contributed by atoms with Gasteiger partial charge in [0.2, 0.25) is 5.82 Å². The first-order valence-electron chi connectivity index (χ1n) is 9.25. The van der Waals surface area contributed by atoms with Gasteiger partial charge in [-0.05, 0) is 51.0 Å². The highest BCUT2D eigenvalue weighted by Crippen LogP contribution is 2.30. The molecule has 146 valence electrons. The van der Waals surface area contributed by atoms with Crippen LogP contribution < -0.4 is 5.32 Å². The molecular formula is C19H25Cl2N5O. The quantitative estimate of drug-likeness (QED) is 0.815. The molecule has 1 aliphatic rings. The van der Waals surface area contributed by atoms with Crippen LogP contribution in [0.25, 0.3) is 5.69 Å². The minimum Gasteiger partial charge on any atom is -0.349 e. The fraction of sp³-hybridized carbons (Fsp3) is 0.526. The van der Waals surface area contributed by atoms with Crippen molar-refractivity contribution < 1.29 is 4.79 Å². The number of nitrogens with zero attached hydrogens (tertiary/aromatic N) is 4. The van der Waals surface area contributed by atoms with Crippen molar-refractivity contribution >= 4 is 29.1 Å². The number of hydrogen-bond acceptors (Lipinski definition) is 4. The number of carbonyl (C=O) groups is 1. The molecule has 1 aromatic carbocycles. The van der Waals surface area contributed by atoms with E-state index in [9.17, 15) is 4.79 Å². The summed E-state index contributed by atoms with van der Waals surface area (Å²) in [6.45, 7) is 6.76. The van der Waals surface area contributed by atoms with Gasteiger partial charge in [0.05, 0.1) is 10.0 Å². The molecule has 1 fully saturated rings. The second kappa shape index (κ2) is 8.59. The number of halogens is 2. The largest absolute Gasteiger partial charge is 0.349 e. The Bertz CT molecular complexity index is 792. The summed E-state index contributed by atoms with van der Waals surface area (Å²) in [5.41, 5.74) is 0.548. The molecule has 2 aromatic rings. The van der Waals surface area contributed by atoms with Crippen molar-refractivity contribution in [2.45, 2.75) is 32.6 Å². The number of aromatic nitrogens is 3. The van der Waals surface area contributed by atoms with Crippen molar-refractivity contribution in [3.05, 3.63) is 39.9 Å².